The second kappa shape index (κ2) is 5.78. The van der Waals surface area contributed by atoms with Gasteiger partial charge in [-0.3, -0.25) is 14.7 Å². The number of nitrogens with zero attached hydrogens (tertiary/aromatic N) is 3. The smallest absolute Gasteiger partial charge is 0.247 e. The molecule has 0 N–H and O–H groups in total. The molecule has 6 heterocycles. The van der Waals surface area contributed by atoms with Gasteiger partial charge in [-0.05, 0) is 67.7 Å². The summed E-state index contributed by atoms with van der Waals surface area (Å²) in [6.07, 6.45) is 8.46. The topological polar surface area (TPSA) is 54.4 Å². The largest absolute Gasteiger partial charge is 0.480 e. The molecule has 34 heavy (non-hydrogen) atoms. The summed E-state index contributed by atoms with van der Waals surface area (Å²) in [5, 5.41) is 0. The minimum atomic E-state index is -0.524. The lowest BCUT2D eigenvalue weighted by atomic mass is 9.57. The van der Waals surface area contributed by atoms with E-state index < -0.39 is 11.1 Å². The van der Waals surface area contributed by atoms with Crippen LogP contribution in [0.1, 0.15) is 52.5 Å². The number of carbonyl (C=O) groups is 1. The van der Waals surface area contributed by atoms with Crippen LogP contribution in [0.4, 0.5) is 5.69 Å². The second-order valence-electron chi connectivity index (χ2n) is 12.4. The van der Waals surface area contributed by atoms with Crippen molar-refractivity contribution in [1.29, 1.82) is 0 Å². The van der Waals surface area contributed by atoms with E-state index >= 15 is 0 Å². The van der Waals surface area contributed by atoms with E-state index in [4.69, 9.17) is 14.5 Å². The molecule has 6 aliphatic heterocycles. The number of hydrogen-bond acceptors (Lipinski definition) is 5. The van der Waals surface area contributed by atoms with Gasteiger partial charge < -0.3 is 14.4 Å². The van der Waals surface area contributed by atoms with Crippen molar-refractivity contribution in [2.24, 2.45) is 16.3 Å². The van der Waals surface area contributed by atoms with Crippen LogP contribution < -0.4 is 9.47 Å². The van der Waals surface area contributed by atoms with Gasteiger partial charge in [0.15, 0.2) is 11.5 Å². The number of amides is 1. The Labute approximate surface area is 201 Å². The van der Waals surface area contributed by atoms with Crippen molar-refractivity contribution in [3.63, 3.8) is 0 Å². The van der Waals surface area contributed by atoms with E-state index in [9.17, 15) is 4.79 Å². The van der Waals surface area contributed by atoms with Gasteiger partial charge >= 0.3 is 0 Å². The Morgan fingerprint density at radius 1 is 1.21 bits per heavy atom. The highest BCUT2D eigenvalue weighted by Crippen LogP contribution is 2.72. The number of aliphatic imine (C=N–C) groups is 1. The van der Waals surface area contributed by atoms with Crippen LogP contribution in [-0.2, 0) is 10.2 Å². The molecule has 1 amide bonds. The Bertz CT molecular complexity index is 1250. The number of ether oxygens (including phenoxy) is 2. The van der Waals surface area contributed by atoms with Crippen molar-refractivity contribution < 1.29 is 14.3 Å². The van der Waals surface area contributed by atoms with Crippen molar-refractivity contribution in [1.82, 2.24) is 9.80 Å². The number of hydrogen-bond donors (Lipinski definition) is 0. The first kappa shape index (κ1) is 20.7. The predicted octanol–water partition coefficient (Wildman–Crippen LogP) is 4.37. The zero-order valence-electron chi connectivity index (χ0n) is 20.8. The third-order valence-corrected chi connectivity index (χ3v) is 10.4. The maximum Gasteiger partial charge on any atom is 0.247 e. The number of likely N-dealkylation sites (N-methyl/N-ethyl adjacent to an activating group) is 1. The van der Waals surface area contributed by atoms with Gasteiger partial charge in [0.1, 0.15) is 16.8 Å². The molecule has 0 aromatic heterocycles. The molecule has 0 unspecified atom stereocenters. The fraction of sp³-hybridized carbons (Fsp3) is 0.571. The molecule has 4 saturated heterocycles. The Balaban J connectivity index is 1.39. The first-order valence-electron chi connectivity index (χ1n) is 12.5. The van der Waals surface area contributed by atoms with Crippen LogP contribution >= 0.6 is 0 Å². The van der Waals surface area contributed by atoms with Gasteiger partial charge in [-0.1, -0.05) is 26.5 Å². The molecule has 8 rings (SSSR count). The third-order valence-electron chi connectivity index (χ3n) is 10.4. The standard InChI is InChI=1S/C28H33N3O3/c1-17-9-11-31-16-27-14-26(25(4,5)20(27)13-28(17,31)23(32)30(27)6)15-29-21-18(26)7-8-19-22(21)33-12-10-24(2,3)34-19/h7-8,10,12,15,20H,1,9,11,13-14,16H2,2-6H3/t20-,26-,27+,28+/m0/s1. The summed E-state index contributed by atoms with van der Waals surface area (Å²) < 4.78 is 12.3. The third kappa shape index (κ3) is 2.02. The molecule has 6 heteroatoms. The van der Waals surface area contributed by atoms with Crippen LogP contribution in [0.15, 0.2) is 41.6 Å². The van der Waals surface area contributed by atoms with E-state index in [1.165, 1.54) is 5.56 Å². The Morgan fingerprint density at radius 3 is 2.79 bits per heavy atom. The van der Waals surface area contributed by atoms with Gasteiger partial charge in [0.05, 0.1) is 11.8 Å². The summed E-state index contributed by atoms with van der Waals surface area (Å²) in [6.45, 7) is 15.1. The highest BCUT2D eigenvalue weighted by atomic mass is 16.5. The highest BCUT2D eigenvalue weighted by molar-refractivity contribution is 5.95. The maximum absolute atomic E-state index is 13.8. The molecule has 1 aromatic carbocycles. The SMILES string of the molecule is C=C1CCN2C[C@]34C[C@@]5(C=Nc6c5ccc5c6OC=CC(C)(C)O5)C(C)(C)[C@@H]3C[C@]12C(=O)N4C. The molecule has 0 radical (unpaired) electrons. The van der Waals surface area contributed by atoms with Crippen molar-refractivity contribution in [2.45, 2.75) is 69.1 Å². The number of carbonyl (C=O) groups excluding carboxylic acids is 1. The normalized spacial score (nSPS) is 40.0. The van der Waals surface area contributed by atoms with Gasteiger partial charge in [0.25, 0.3) is 0 Å². The van der Waals surface area contributed by atoms with E-state index in [2.05, 4.69) is 42.5 Å². The Hall–Kier alpha value is -2.60. The predicted molar refractivity (Wildman–Crippen MR) is 131 cm³/mol. The zero-order valence-corrected chi connectivity index (χ0v) is 20.8. The van der Waals surface area contributed by atoms with E-state index in [-0.39, 0.29) is 22.3 Å². The molecule has 1 aliphatic carbocycles. The first-order chi connectivity index (χ1) is 16.0. The molecule has 3 spiro atoms. The summed E-state index contributed by atoms with van der Waals surface area (Å²) in [5.41, 5.74) is 1.59. The van der Waals surface area contributed by atoms with Gasteiger partial charge in [0, 0.05) is 31.8 Å². The first-order valence-corrected chi connectivity index (χ1v) is 12.5. The lowest BCUT2D eigenvalue weighted by Crippen LogP contribution is -2.78. The molecule has 6 nitrogen and oxygen atoms in total. The molecule has 178 valence electrons. The zero-order chi connectivity index (χ0) is 23.9. The van der Waals surface area contributed by atoms with Gasteiger partial charge in [-0.15, -0.1) is 0 Å². The van der Waals surface area contributed by atoms with Crippen LogP contribution in [0.3, 0.4) is 0 Å². The van der Waals surface area contributed by atoms with Crippen molar-refractivity contribution in [2.75, 3.05) is 20.1 Å². The number of rotatable bonds is 0. The van der Waals surface area contributed by atoms with Gasteiger partial charge in [0.2, 0.25) is 5.91 Å². The van der Waals surface area contributed by atoms with E-state index in [1.54, 1.807) is 6.26 Å². The molecule has 4 atom stereocenters. The van der Waals surface area contributed by atoms with Crippen LogP contribution in [-0.4, -0.2) is 58.7 Å². The van der Waals surface area contributed by atoms with Crippen molar-refractivity contribution >= 4 is 17.8 Å². The summed E-state index contributed by atoms with van der Waals surface area (Å²) in [6, 6.07) is 4.23. The summed E-state index contributed by atoms with van der Waals surface area (Å²) in [4.78, 5) is 23.4. The maximum atomic E-state index is 13.8. The van der Waals surface area contributed by atoms with E-state index in [1.807, 2.05) is 33.0 Å². The number of piperazine rings is 1. The minimum Gasteiger partial charge on any atom is -0.480 e. The van der Waals surface area contributed by atoms with E-state index in [0.717, 1.165) is 49.4 Å². The van der Waals surface area contributed by atoms with Gasteiger partial charge in [-0.25, -0.2) is 0 Å². The molecule has 5 fully saturated rings. The Kier molecular flexibility index (Phi) is 3.53. The van der Waals surface area contributed by atoms with Crippen LogP contribution in [0.25, 0.3) is 0 Å². The molecule has 1 saturated carbocycles. The highest BCUT2D eigenvalue weighted by Gasteiger charge is 2.77. The number of benzene rings is 1. The quantitative estimate of drug-likeness (QED) is 0.541. The summed E-state index contributed by atoms with van der Waals surface area (Å²) in [7, 11) is 2.03. The monoisotopic (exact) mass is 459 g/mol. The molecular formula is C28H33N3O3. The van der Waals surface area contributed by atoms with E-state index in [0.29, 0.717) is 11.7 Å². The number of fused-ring (bicyclic) bond motifs is 5. The van der Waals surface area contributed by atoms with Crippen LogP contribution in [0, 0.1) is 11.3 Å². The second-order valence-corrected chi connectivity index (χ2v) is 12.4. The molecular weight excluding hydrogens is 426 g/mol. The fourth-order valence-corrected chi connectivity index (χ4v) is 8.46. The summed E-state index contributed by atoms with van der Waals surface area (Å²) in [5.74, 6) is 2.00. The average Bonchev–Trinajstić information content (AvgIpc) is 3.32. The lowest BCUT2D eigenvalue weighted by molar-refractivity contribution is -0.179. The Morgan fingerprint density at radius 2 is 2.00 bits per heavy atom. The van der Waals surface area contributed by atoms with Crippen LogP contribution in [0.5, 0.6) is 11.5 Å². The van der Waals surface area contributed by atoms with Crippen LogP contribution in [0.2, 0.25) is 0 Å². The fourth-order valence-electron chi connectivity index (χ4n) is 8.46. The number of piperidine rings is 2. The van der Waals surface area contributed by atoms with Crippen molar-refractivity contribution in [3.05, 3.63) is 42.2 Å². The average molecular weight is 460 g/mol. The lowest BCUT2D eigenvalue weighted by Gasteiger charge is -2.64. The molecule has 7 aliphatic rings. The van der Waals surface area contributed by atoms with Gasteiger partial charge in [-0.2, -0.15) is 0 Å². The molecule has 2 bridgehead atoms. The minimum absolute atomic E-state index is 0.104. The van der Waals surface area contributed by atoms with Crippen molar-refractivity contribution in [3.8, 4) is 11.5 Å². The molecule has 1 aromatic rings. The summed E-state index contributed by atoms with van der Waals surface area (Å²) >= 11 is 0.